The van der Waals surface area contributed by atoms with Crippen molar-refractivity contribution in [1.82, 2.24) is 0 Å². The maximum Gasteiger partial charge on any atom is 0.333 e. The summed E-state index contributed by atoms with van der Waals surface area (Å²) in [6.07, 6.45) is 0.542. The molecule has 5 heteroatoms. The van der Waals surface area contributed by atoms with Gasteiger partial charge in [0, 0.05) is 25.5 Å². The predicted octanol–water partition coefficient (Wildman–Crippen LogP) is 4.59. The Balaban J connectivity index is 0.000000422. The fourth-order valence-corrected chi connectivity index (χ4v) is 1.85. The van der Waals surface area contributed by atoms with Crippen LogP contribution in [0.2, 0.25) is 0 Å². The zero-order valence-corrected chi connectivity index (χ0v) is 16.2. The summed E-state index contributed by atoms with van der Waals surface area (Å²) >= 11 is 0. The average Bonchev–Trinajstić information content (AvgIpc) is 2.69. The molecule has 2 aromatic carbocycles. The minimum Gasteiger partial charge on any atom is -0.481 e. The van der Waals surface area contributed by atoms with E-state index in [0.717, 1.165) is 6.92 Å². The van der Waals surface area contributed by atoms with Crippen LogP contribution in [-0.4, -0.2) is 37.4 Å². The molecule has 0 saturated carbocycles. The van der Waals surface area contributed by atoms with Crippen molar-refractivity contribution >= 4 is 11.9 Å². The van der Waals surface area contributed by atoms with Gasteiger partial charge in [-0.05, 0) is 18.1 Å². The van der Waals surface area contributed by atoms with Crippen LogP contribution in [-0.2, 0) is 19.1 Å². The van der Waals surface area contributed by atoms with Gasteiger partial charge >= 0.3 is 5.97 Å². The normalized spacial score (nSPS) is 9.00. The number of hydrogen-bond donors (Lipinski definition) is 1. The van der Waals surface area contributed by atoms with Crippen LogP contribution >= 0.6 is 0 Å². The Morgan fingerprint density at radius 3 is 1.70 bits per heavy atom. The number of carbonyl (C=O) groups is 2. The van der Waals surface area contributed by atoms with Crippen molar-refractivity contribution < 1.29 is 24.2 Å². The van der Waals surface area contributed by atoms with Crippen molar-refractivity contribution in [3.63, 3.8) is 0 Å². The molecular formula is C22H28O5. The van der Waals surface area contributed by atoms with Crippen molar-refractivity contribution in [2.24, 2.45) is 0 Å². The van der Waals surface area contributed by atoms with Crippen LogP contribution in [0.3, 0.4) is 0 Å². The average molecular weight is 372 g/mol. The predicted molar refractivity (Wildman–Crippen MR) is 107 cm³/mol. The van der Waals surface area contributed by atoms with E-state index >= 15 is 0 Å². The lowest BCUT2D eigenvalue weighted by atomic mass is 10.1. The van der Waals surface area contributed by atoms with E-state index in [4.69, 9.17) is 14.6 Å². The minimum atomic E-state index is -0.833. The summed E-state index contributed by atoms with van der Waals surface area (Å²) in [5.74, 6) is -1.19. The summed E-state index contributed by atoms with van der Waals surface area (Å²) in [6, 6.07) is 20.8. The second-order valence-electron chi connectivity index (χ2n) is 5.29. The molecule has 2 rings (SSSR count). The quantitative estimate of drug-likeness (QED) is 0.456. The van der Waals surface area contributed by atoms with E-state index in [2.05, 4.69) is 59.8 Å². The number of aliphatic carboxylic acids is 1. The molecule has 0 fully saturated rings. The van der Waals surface area contributed by atoms with Crippen LogP contribution in [0.1, 0.15) is 20.3 Å². The van der Waals surface area contributed by atoms with E-state index < -0.39 is 5.97 Å². The first kappa shape index (κ1) is 24.1. The summed E-state index contributed by atoms with van der Waals surface area (Å²) in [4.78, 5) is 19.7. The molecule has 0 unspecified atom stereocenters. The van der Waals surface area contributed by atoms with Gasteiger partial charge in [-0.1, -0.05) is 67.2 Å². The molecule has 146 valence electrons. The topological polar surface area (TPSA) is 72.8 Å². The molecule has 0 aliphatic rings. The number of esters is 1. The minimum absolute atomic E-state index is 0.357. The number of carboxylic acids is 1. The summed E-state index contributed by atoms with van der Waals surface area (Å²) in [5.41, 5.74) is 3.01. The van der Waals surface area contributed by atoms with Crippen molar-refractivity contribution in [1.29, 1.82) is 0 Å². The van der Waals surface area contributed by atoms with Gasteiger partial charge in [0.25, 0.3) is 5.97 Å². The van der Waals surface area contributed by atoms with Crippen molar-refractivity contribution in [3.05, 3.63) is 72.8 Å². The third kappa shape index (κ3) is 13.0. The lowest BCUT2D eigenvalue weighted by Crippen LogP contribution is -2.06. The second kappa shape index (κ2) is 15.3. The smallest absolute Gasteiger partial charge is 0.333 e. The molecule has 0 radical (unpaired) electrons. The summed E-state index contributed by atoms with van der Waals surface area (Å²) in [7, 11) is 1.34. The Morgan fingerprint density at radius 1 is 0.963 bits per heavy atom. The van der Waals surface area contributed by atoms with Crippen LogP contribution in [0.25, 0.3) is 11.1 Å². The van der Waals surface area contributed by atoms with Crippen molar-refractivity contribution in [2.45, 2.75) is 20.3 Å². The number of methoxy groups -OCH3 is 1. The van der Waals surface area contributed by atoms with Gasteiger partial charge in [-0.15, -0.1) is 0 Å². The highest BCUT2D eigenvalue weighted by atomic mass is 16.5. The summed E-state index contributed by atoms with van der Waals surface area (Å²) in [5, 5.41) is 7.42. The van der Waals surface area contributed by atoms with E-state index in [1.54, 1.807) is 0 Å². The number of carboxylic acid groups (broad SMARTS) is 1. The van der Waals surface area contributed by atoms with Crippen molar-refractivity contribution in [3.8, 4) is 11.1 Å². The monoisotopic (exact) mass is 372 g/mol. The van der Waals surface area contributed by atoms with E-state index in [-0.39, 0.29) is 5.97 Å². The highest BCUT2D eigenvalue weighted by Gasteiger charge is 2.04. The molecule has 5 nitrogen and oxygen atoms in total. The first-order valence-corrected chi connectivity index (χ1v) is 8.56. The molecule has 0 amide bonds. The molecule has 1 N–H and O–H groups in total. The van der Waals surface area contributed by atoms with Crippen LogP contribution in [0.5, 0.6) is 0 Å². The maximum absolute atomic E-state index is 10.7. The van der Waals surface area contributed by atoms with E-state index in [9.17, 15) is 4.79 Å². The first-order chi connectivity index (χ1) is 12.9. The Bertz CT molecular complexity index is 624. The molecule has 0 saturated heterocycles. The fraction of sp³-hybridized carbons (Fsp3) is 0.273. The van der Waals surface area contributed by atoms with Gasteiger partial charge < -0.3 is 14.6 Å². The van der Waals surface area contributed by atoms with Crippen LogP contribution in [0, 0.1) is 0 Å². The molecule has 0 bridgehead atoms. The molecule has 0 atom stereocenters. The Hall–Kier alpha value is -2.92. The largest absolute Gasteiger partial charge is 0.481 e. The van der Waals surface area contributed by atoms with Gasteiger partial charge in [0.2, 0.25) is 0 Å². The SMILES string of the molecule is C=C(CCOCC)C(=O)OC.CC(=O)O.c1ccc(-c2ccccc2)cc1. The Morgan fingerprint density at radius 2 is 1.37 bits per heavy atom. The van der Waals surface area contributed by atoms with Gasteiger partial charge in [0.1, 0.15) is 0 Å². The standard InChI is InChI=1S/C12H10.C8H14O3.C2H4O2/c1-3-7-11(8-4-1)12-9-5-2-6-10-12;1-4-11-6-5-7(2)8(9)10-3;1-2(3)4/h1-10H;2,4-6H2,1,3H3;1H3,(H,3,4). The third-order valence-electron chi connectivity index (χ3n) is 3.11. The maximum atomic E-state index is 10.7. The highest BCUT2D eigenvalue weighted by molar-refractivity contribution is 5.87. The summed E-state index contributed by atoms with van der Waals surface area (Å²) in [6.45, 7) is 7.72. The molecule has 2 aromatic rings. The number of ether oxygens (including phenoxy) is 2. The molecule has 0 heterocycles. The van der Waals surface area contributed by atoms with Crippen LogP contribution in [0.15, 0.2) is 72.8 Å². The Labute approximate surface area is 161 Å². The van der Waals surface area contributed by atoms with Gasteiger partial charge in [-0.25, -0.2) is 4.79 Å². The van der Waals surface area contributed by atoms with E-state index in [0.29, 0.717) is 25.2 Å². The lowest BCUT2D eigenvalue weighted by molar-refractivity contribution is -0.136. The number of hydrogen-bond acceptors (Lipinski definition) is 4. The van der Waals surface area contributed by atoms with Gasteiger partial charge in [-0.3, -0.25) is 4.79 Å². The van der Waals surface area contributed by atoms with Crippen molar-refractivity contribution in [2.75, 3.05) is 20.3 Å². The molecule has 0 aliphatic heterocycles. The number of carbonyl (C=O) groups excluding carboxylic acids is 1. The molecular weight excluding hydrogens is 344 g/mol. The van der Waals surface area contributed by atoms with Crippen LogP contribution < -0.4 is 0 Å². The van der Waals surface area contributed by atoms with Gasteiger partial charge in [0.15, 0.2) is 0 Å². The zero-order valence-electron chi connectivity index (χ0n) is 16.2. The van der Waals surface area contributed by atoms with Gasteiger partial charge in [0.05, 0.1) is 13.7 Å². The van der Waals surface area contributed by atoms with E-state index in [1.807, 2.05) is 19.1 Å². The summed E-state index contributed by atoms with van der Waals surface area (Å²) < 4.78 is 9.48. The third-order valence-corrected chi connectivity index (χ3v) is 3.11. The lowest BCUT2D eigenvalue weighted by Gasteiger charge is -2.02. The molecule has 0 spiro atoms. The first-order valence-electron chi connectivity index (χ1n) is 8.56. The number of benzene rings is 2. The zero-order chi connectivity index (χ0) is 20.5. The highest BCUT2D eigenvalue weighted by Crippen LogP contribution is 2.17. The molecule has 0 aliphatic carbocycles. The second-order valence-corrected chi connectivity index (χ2v) is 5.29. The van der Waals surface area contributed by atoms with Gasteiger partial charge in [-0.2, -0.15) is 0 Å². The molecule has 0 aromatic heterocycles. The van der Waals surface area contributed by atoms with Crippen LogP contribution in [0.4, 0.5) is 0 Å². The fourth-order valence-electron chi connectivity index (χ4n) is 1.85. The Kier molecular flexibility index (Phi) is 13.7. The molecule has 27 heavy (non-hydrogen) atoms. The van der Waals surface area contributed by atoms with E-state index in [1.165, 1.54) is 18.2 Å². The number of rotatable bonds is 6.